The number of aromatic amines is 1. The van der Waals surface area contributed by atoms with Gasteiger partial charge in [0.25, 0.3) is 0 Å². The van der Waals surface area contributed by atoms with E-state index < -0.39 is 0 Å². The quantitative estimate of drug-likeness (QED) is 0.512. The van der Waals surface area contributed by atoms with Crippen molar-refractivity contribution in [1.82, 2.24) is 19.9 Å². The first kappa shape index (κ1) is 20.7. The molecule has 8 nitrogen and oxygen atoms in total. The summed E-state index contributed by atoms with van der Waals surface area (Å²) in [5, 5.41) is 7.08. The lowest BCUT2D eigenvalue weighted by Crippen LogP contribution is -2.48. The third kappa shape index (κ3) is 4.24. The van der Waals surface area contributed by atoms with Crippen LogP contribution >= 0.6 is 0 Å². The highest BCUT2D eigenvalue weighted by Crippen LogP contribution is 2.44. The number of H-pyrrole nitrogens is 1. The zero-order chi connectivity index (χ0) is 22.4. The Kier molecular flexibility index (Phi) is 5.13. The standard InChI is InChI=1S/C25H33N7O/c1-16-12-19(32-13-17(2)33-25(14-32)10-11-25)8-9-20(16)29-24-30-22-21(26-15-27-22)23(31-24)28-18-6-4-3-5-7-18/h8-9,12,15,17-18H,3-7,10-11,13-14H2,1-2H3,(H3,26,27,28,29,30,31)/t17-/m0/s1. The van der Waals surface area contributed by atoms with Gasteiger partial charge in [-0.05, 0) is 63.3 Å². The smallest absolute Gasteiger partial charge is 0.231 e. The molecule has 0 amide bonds. The summed E-state index contributed by atoms with van der Waals surface area (Å²) in [6.07, 6.45) is 10.5. The number of nitrogens with one attached hydrogen (secondary N) is 3. The lowest BCUT2D eigenvalue weighted by Gasteiger charge is -2.39. The van der Waals surface area contributed by atoms with Crippen molar-refractivity contribution in [2.24, 2.45) is 0 Å². The van der Waals surface area contributed by atoms with Crippen molar-refractivity contribution in [2.45, 2.75) is 76.5 Å². The summed E-state index contributed by atoms with van der Waals surface area (Å²) in [5.74, 6) is 1.40. The van der Waals surface area contributed by atoms with E-state index in [-0.39, 0.29) is 11.7 Å². The van der Waals surface area contributed by atoms with E-state index in [0.29, 0.717) is 17.6 Å². The number of imidazole rings is 1. The minimum Gasteiger partial charge on any atom is -0.368 e. The van der Waals surface area contributed by atoms with Gasteiger partial charge in [-0.3, -0.25) is 0 Å². The number of aryl methyl sites for hydroxylation is 1. The molecule has 3 aliphatic rings. The van der Waals surface area contributed by atoms with Crippen LogP contribution in [0.25, 0.3) is 11.2 Å². The van der Waals surface area contributed by atoms with Gasteiger partial charge in [0.1, 0.15) is 5.52 Å². The molecular formula is C25H33N7O. The topological polar surface area (TPSA) is 91.0 Å². The molecule has 1 saturated heterocycles. The third-order valence-corrected chi connectivity index (χ3v) is 7.27. The third-order valence-electron chi connectivity index (χ3n) is 7.27. The number of hydrogen-bond acceptors (Lipinski definition) is 7. The molecule has 8 heteroatoms. The zero-order valence-corrected chi connectivity index (χ0v) is 19.5. The first-order valence-electron chi connectivity index (χ1n) is 12.4. The van der Waals surface area contributed by atoms with Gasteiger partial charge in [0, 0.05) is 30.5 Å². The molecule has 174 valence electrons. The SMILES string of the molecule is Cc1cc(N2C[C@H](C)OC3(CC3)C2)ccc1Nc1nc(NC2CCCCC2)c2[nH]cnc2n1. The van der Waals surface area contributed by atoms with Gasteiger partial charge >= 0.3 is 0 Å². The monoisotopic (exact) mass is 447 g/mol. The fourth-order valence-electron chi connectivity index (χ4n) is 5.38. The number of ether oxygens (including phenoxy) is 1. The van der Waals surface area contributed by atoms with E-state index in [9.17, 15) is 0 Å². The van der Waals surface area contributed by atoms with Gasteiger partial charge in [0.05, 0.1) is 18.0 Å². The zero-order valence-electron chi connectivity index (χ0n) is 19.5. The summed E-state index contributed by atoms with van der Waals surface area (Å²) in [7, 11) is 0. The van der Waals surface area contributed by atoms with Crippen LogP contribution in [0.5, 0.6) is 0 Å². The molecule has 1 aromatic carbocycles. The van der Waals surface area contributed by atoms with Crippen molar-refractivity contribution in [1.29, 1.82) is 0 Å². The first-order valence-corrected chi connectivity index (χ1v) is 12.4. The average Bonchev–Trinajstić information content (AvgIpc) is 3.35. The highest BCUT2D eigenvalue weighted by molar-refractivity contribution is 5.84. The number of fused-ring (bicyclic) bond motifs is 1. The Labute approximate surface area is 194 Å². The second-order valence-electron chi connectivity index (χ2n) is 10.1. The average molecular weight is 448 g/mol. The normalized spacial score (nSPS) is 22.6. The van der Waals surface area contributed by atoms with Crippen molar-refractivity contribution in [2.75, 3.05) is 28.6 Å². The molecule has 3 aromatic rings. The molecule has 33 heavy (non-hydrogen) atoms. The molecule has 1 atom stereocenters. The number of rotatable bonds is 5. The van der Waals surface area contributed by atoms with Gasteiger partial charge < -0.3 is 25.3 Å². The molecule has 2 aliphatic carbocycles. The Balaban J connectivity index is 1.23. The second kappa shape index (κ2) is 8.17. The molecule has 2 aromatic heterocycles. The molecule has 3 fully saturated rings. The highest BCUT2D eigenvalue weighted by atomic mass is 16.5. The summed E-state index contributed by atoms with van der Waals surface area (Å²) < 4.78 is 6.18. The largest absolute Gasteiger partial charge is 0.368 e. The van der Waals surface area contributed by atoms with Gasteiger partial charge in [-0.25, -0.2) is 4.98 Å². The number of anilines is 4. The molecule has 3 N–H and O–H groups in total. The summed E-state index contributed by atoms with van der Waals surface area (Å²) in [5.41, 5.74) is 5.08. The first-order chi connectivity index (χ1) is 16.1. The van der Waals surface area contributed by atoms with Crippen LogP contribution in [0.3, 0.4) is 0 Å². The second-order valence-corrected chi connectivity index (χ2v) is 10.1. The van der Waals surface area contributed by atoms with E-state index in [1.807, 2.05) is 0 Å². The lowest BCUT2D eigenvalue weighted by atomic mass is 9.95. The minimum absolute atomic E-state index is 0.0943. The minimum atomic E-state index is 0.0943. The maximum absolute atomic E-state index is 6.18. The predicted octanol–water partition coefficient (Wildman–Crippen LogP) is 4.91. The van der Waals surface area contributed by atoms with Crippen molar-refractivity contribution in [3.8, 4) is 0 Å². The summed E-state index contributed by atoms with van der Waals surface area (Å²) in [6.45, 7) is 6.23. The number of benzene rings is 1. The van der Waals surface area contributed by atoms with E-state index >= 15 is 0 Å². The molecule has 0 bridgehead atoms. The van der Waals surface area contributed by atoms with Crippen LogP contribution in [0, 0.1) is 6.92 Å². The lowest BCUT2D eigenvalue weighted by molar-refractivity contribution is -0.0337. The van der Waals surface area contributed by atoms with Crippen LogP contribution in [-0.2, 0) is 4.74 Å². The molecule has 1 aliphatic heterocycles. The Hall–Kier alpha value is -2.87. The van der Waals surface area contributed by atoms with Gasteiger partial charge in [-0.2, -0.15) is 9.97 Å². The van der Waals surface area contributed by atoms with Crippen molar-refractivity contribution in [3.63, 3.8) is 0 Å². The van der Waals surface area contributed by atoms with E-state index in [2.05, 4.69) is 62.5 Å². The van der Waals surface area contributed by atoms with Gasteiger partial charge in [-0.1, -0.05) is 19.3 Å². The number of hydrogen-bond donors (Lipinski definition) is 3. The van der Waals surface area contributed by atoms with E-state index in [1.165, 1.54) is 56.2 Å². The fraction of sp³-hybridized carbons (Fsp3) is 0.560. The maximum Gasteiger partial charge on any atom is 0.231 e. The van der Waals surface area contributed by atoms with Crippen molar-refractivity contribution >= 4 is 34.3 Å². The Morgan fingerprint density at radius 3 is 2.79 bits per heavy atom. The highest BCUT2D eigenvalue weighted by Gasteiger charge is 2.49. The van der Waals surface area contributed by atoms with E-state index in [4.69, 9.17) is 9.72 Å². The van der Waals surface area contributed by atoms with Crippen LogP contribution in [0.1, 0.15) is 57.4 Å². The number of morpholine rings is 1. The molecule has 0 unspecified atom stereocenters. The van der Waals surface area contributed by atoms with Crippen molar-refractivity contribution in [3.05, 3.63) is 30.1 Å². The Bertz CT molecular complexity index is 1150. The molecule has 2 saturated carbocycles. The summed E-state index contributed by atoms with van der Waals surface area (Å²) in [6, 6.07) is 7.04. The van der Waals surface area contributed by atoms with Crippen LogP contribution in [-0.4, -0.2) is 50.8 Å². The van der Waals surface area contributed by atoms with Gasteiger partial charge in [0.15, 0.2) is 11.5 Å². The van der Waals surface area contributed by atoms with E-state index in [0.717, 1.165) is 30.1 Å². The summed E-state index contributed by atoms with van der Waals surface area (Å²) >= 11 is 0. The van der Waals surface area contributed by atoms with Crippen LogP contribution in [0.2, 0.25) is 0 Å². The van der Waals surface area contributed by atoms with Gasteiger partial charge in [-0.15, -0.1) is 0 Å². The predicted molar refractivity (Wildman–Crippen MR) is 131 cm³/mol. The molecule has 3 heterocycles. The van der Waals surface area contributed by atoms with Crippen molar-refractivity contribution < 1.29 is 4.74 Å². The maximum atomic E-state index is 6.18. The van der Waals surface area contributed by atoms with Crippen LogP contribution in [0.15, 0.2) is 24.5 Å². The van der Waals surface area contributed by atoms with Crippen LogP contribution in [0.4, 0.5) is 23.1 Å². The van der Waals surface area contributed by atoms with Gasteiger partial charge in [0.2, 0.25) is 5.95 Å². The summed E-state index contributed by atoms with van der Waals surface area (Å²) in [4.78, 5) is 19.5. The molecule has 6 rings (SSSR count). The van der Waals surface area contributed by atoms with E-state index in [1.54, 1.807) is 6.33 Å². The Morgan fingerprint density at radius 1 is 1.15 bits per heavy atom. The fourth-order valence-corrected chi connectivity index (χ4v) is 5.38. The molecular weight excluding hydrogens is 414 g/mol. The molecule has 1 spiro atoms. The number of nitrogens with zero attached hydrogens (tertiary/aromatic N) is 4. The Morgan fingerprint density at radius 2 is 2.00 bits per heavy atom. The number of aromatic nitrogens is 4. The molecule has 0 radical (unpaired) electrons. The van der Waals surface area contributed by atoms with Crippen LogP contribution < -0.4 is 15.5 Å².